The van der Waals surface area contributed by atoms with Crippen molar-refractivity contribution in [3.8, 4) is 23.0 Å². The van der Waals surface area contributed by atoms with E-state index in [-0.39, 0.29) is 30.6 Å². The maximum Gasteiger partial charge on any atom is 0.407 e. The molecule has 0 radical (unpaired) electrons. The molecule has 8 nitrogen and oxygen atoms in total. The molecule has 1 unspecified atom stereocenters. The summed E-state index contributed by atoms with van der Waals surface area (Å²) < 4.78 is 56.6. The molecule has 1 saturated heterocycles. The number of rotatable bonds is 6. The number of carbonyl (C=O) groups is 1. The number of carbonyl (C=O) groups excluding carboxylic acids is 1. The second-order valence-electron chi connectivity index (χ2n) is 8.70. The van der Waals surface area contributed by atoms with Crippen LogP contribution in [0.25, 0.3) is 16.3 Å². The van der Waals surface area contributed by atoms with Gasteiger partial charge in [0.2, 0.25) is 11.8 Å². The summed E-state index contributed by atoms with van der Waals surface area (Å²) in [6.45, 7) is 10.8. The maximum atomic E-state index is 13.3. The van der Waals surface area contributed by atoms with E-state index in [0.717, 1.165) is 12.1 Å². The van der Waals surface area contributed by atoms with E-state index in [1.807, 2.05) is 0 Å². The van der Waals surface area contributed by atoms with Gasteiger partial charge in [-0.2, -0.15) is 13.2 Å². The number of aromatic nitrogens is 2. The van der Waals surface area contributed by atoms with Crippen LogP contribution in [-0.4, -0.2) is 40.8 Å². The zero-order valence-corrected chi connectivity index (χ0v) is 19.1. The van der Waals surface area contributed by atoms with Crippen LogP contribution in [0.4, 0.5) is 18.9 Å². The molecule has 1 aliphatic heterocycles. The average molecular weight is 486 g/mol. The highest BCUT2D eigenvalue weighted by molar-refractivity contribution is 5.84. The molecule has 182 valence electrons. The van der Waals surface area contributed by atoms with Crippen molar-refractivity contribution in [2.24, 2.45) is 5.41 Å². The number of ether oxygens (including phenoxy) is 2. The number of halogens is 3. The summed E-state index contributed by atoms with van der Waals surface area (Å²) in [4.78, 5) is 17.5. The molecule has 1 aliphatic rings. The molecule has 0 bridgehead atoms. The van der Waals surface area contributed by atoms with Crippen molar-refractivity contribution in [2.75, 3.05) is 13.7 Å². The number of hydrogen-bond acceptors (Lipinski definition) is 6. The Kier molecular flexibility index (Phi) is 6.15. The van der Waals surface area contributed by atoms with E-state index in [4.69, 9.17) is 20.5 Å². The van der Waals surface area contributed by atoms with Crippen molar-refractivity contribution in [1.29, 1.82) is 0 Å². The van der Waals surface area contributed by atoms with E-state index in [9.17, 15) is 18.0 Å². The fraction of sp³-hybridized carbons (Fsp3) is 0.333. The topological polar surface area (TPSA) is 82.0 Å². The molecule has 1 amide bonds. The smallest absolute Gasteiger partial charge is 0.407 e. The van der Waals surface area contributed by atoms with Crippen LogP contribution in [0.1, 0.15) is 25.3 Å². The number of hydrogen-bond donors (Lipinski definition) is 0. The summed E-state index contributed by atoms with van der Waals surface area (Å²) in [6, 6.07) is 10.1. The van der Waals surface area contributed by atoms with Gasteiger partial charge in [0, 0.05) is 17.5 Å². The number of nitrogens with zero attached hydrogens (tertiary/aromatic N) is 4. The van der Waals surface area contributed by atoms with Gasteiger partial charge in [0.05, 0.1) is 25.8 Å². The van der Waals surface area contributed by atoms with Crippen molar-refractivity contribution >= 4 is 11.6 Å². The van der Waals surface area contributed by atoms with Gasteiger partial charge in [0.15, 0.2) is 11.8 Å². The minimum Gasteiger partial charge on any atom is -0.497 e. The lowest BCUT2D eigenvalue weighted by Gasteiger charge is -2.24. The highest BCUT2D eigenvalue weighted by Crippen LogP contribution is 2.40. The number of methoxy groups -OCH3 is 1. The number of amides is 1. The minimum atomic E-state index is -4.72. The summed E-state index contributed by atoms with van der Waals surface area (Å²) in [6.07, 6.45) is -5.76. The third-order valence-electron chi connectivity index (χ3n) is 5.60. The van der Waals surface area contributed by atoms with Gasteiger partial charge in [-0.25, -0.2) is 4.85 Å². The summed E-state index contributed by atoms with van der Waals surface area (Å²) in [5.74, 6) is 0.525. The van der Waals surface area contributed by atoms with Crippen LogP contribution in [0.5, 0.6) is 11.5 Å². The molecule has 2 aromatic carbocycles. The summed E-state index contributed by atoms with van der Waals surface area (Å²) in [5, 5.41) is 8.04. The molecule has 2 heterocycles. The fourth-order valence-electron chi connectivity index (χ4n) is 3.90. The molecule has 1 fully saturated rings. The van der Waals surface area contributed by atoms with Gasteiger partial charge in [-0.05, 0) is 30.3 Å². The average Bonchev–Trinajstić information content (AvgIpc) is 3.36. The molecule has 0 spiro atoms. The second kappa shape index (κ2) is 8.94. The van der Waals surface area contributed by atoms with Crippen molar-refractivity contribution in [2.45, 2.75) is 32.7 Å². The Bertz CT molecular complexity index is 1300. The molecule has 35 heavy (non-hydrogen) atoms. The van der Waals surface area contributed by atoms with Crippen LogP contribution < -0.4 is 9.47 Å². The van der Waals surface area contributed by atoms with Crippen molar-refractivity contribution in [1.82, 2.24) is 15.1 Å². The van der Waals surface area contributed by atoms with Gasteiger partial charge in [0.1, 0.15) is 11.5 Å². The lowest BCUT2D eigenvalue weighted by Crippen LogP contribution is -2.36. The summed E-state index contributed by atoms with van der Waals surface area (Å²) >= 11 is 0. The van der Waals surface area contributed by atoms with Crippen LogP contribution >= 0.6 is 0 Å². The van der Waals surface area contributed by atoms with Crippen LogP contribution in [0.2, 0.25) is 0 Å². The quantitative estimate of drug-likeness (QED) is 0.450. The van der Waals surface area contributed by atoms with E-state index >= 15 is 0 Å². The third kappa shape index (κ3) is 4.91. The molecule has 3 aromatic rings. The first-order valence-electron chi connectivity index (χ1n) is 10.5. The van der Waals surface area contributed by atoms with Crippen molar-refractivity contribution in [3.63, 3.8) is 0 Å². The second-order valence-corrected chi connectivity index (χ2v) is 8.70. The minimum absolute atomic E-state index is 0.0174. The zero-order valence-electron chi connectivity index (χ0n) is 19.1. The van der Waals surface area contributed by atoms with E-state index in [1.54, 1.807) is 45.2 Å². The van der Waals surface area contributed by atoms with Gasteiger partial charge in [-0.15, -0.1) is 10.2 Å². The zero-order chi connectivity index (χ0) is 25.4. The standard InChI is InChI=1S/C24H21F3N4O4/c1-23(2)13-31(12-19-29-30-21(35-19)14-6-5-7-15(10-14)33-4)22(32)20(23)34-16-8-9-18(28-3)17(11-16)24(25,26)27/h5-11,20H,12-13H2,1-2,4H3. The highest BCUT2D eigenvalue weighted by Gasteiger charge is 2.48. The molecule has 1 atom stereocenters. The first-order chi connectivity index (χ1) is 16.5. The van der Waals surface area contributed by atoms with Gasteiger partial charge in [-0.3, -0.25) is 4.79 Å². The van der Waals surface area contributed by atoms with Crippen LogP contribution in [0.15, 0.2) is 46.9 Å². The Morgan fingerprint density at radius 3 is 2.66 bits per heavy atom. The molecule has 0 saturated carbocycles. The number of benzene rings is 2. The molecule has 1 aromatic heterocycles. The lowest BCUT2D eigenvalue weighted by molar-refractivity contribution is -0.137. The summed E-state index contributed by atoms with van der Waals surface area (Å²) in [5.41, 5.74) is -1.71. The monoisotopic (exact) mass is 486 g/mol. The van der Waals surface area contributed by atoms with Gasteiger partial charge in [0.25, 0.3) is 5.91 Å². The molecule has 11 heteroatoms. The molecular formula is C24H21F3N4O4. The maximum absolute atomic E-state index is 13.3. The predicted molar refractivity (Wildman–Crippen MR) is 118 cm³/mol. The third-order valence-corrected chi connectivity index (χ3v) is 5.60. The Morgan fingerprint density at radius 2 is 1.97 bits per heavy atom. The Hall–Kier alpha value is -4.07. The van der Waals surface area contributed by atoms with Gasteiger partial charge >= 0.3 is 6.18 Å². The Balaban J connectivity index is 1.51. The largest absolute Gasteiger partial charge is 0.497 e. The van der Waals surface area contributed by atoms with E-state index in [2.05, 4.69) is 15.0 Å². The first-order valence-corrected chi connectivity index (χ1v) is 10.5. The molecule has 4 rings (SSSR count). The summed E-state index contributed by atoms with van der Waals surface area (Å²) in [7, 11) is 1.54. The number of likely N-dealkylation sites (tertiary alicyclic amines) is 1. The predicted octanol–water partition coefficient (Wildman–Crippen LogP) is 5.13. The Labute approximate surface area is 199 Å². The van der Waals surface area contributed by atoms with Gasteiger partial charge in [-0.1, -0.05) is 26.0 Å². The highest BCUT2D eigenvalue weighted by atomic mass is 19.4. The van der Waals surface area contributed by atoms with E-state index < -0.39 is 34.9 Å². The fourth-order valence-corrected chi connectivity index (χ4v) is 3.90. The van der Waals surface area contributed by atoms with Crippen LogP contribution in [-0.2, 0) is 17.5 Å². The molecule has 0 N–H and O–H groups in total. The lowest BCUT2D eigenvalue weighted by atomic mass is 9.89. The van der Waals surface area contributed by atoms with Crippen LogP contribution in [0.3, 0.4) is 0 Å². The number of alkyl halides is 3. The van der Waals surface area contributed by atoms with Crippen LogP contribution in [0, 0.1) is 12.0 Å². The van der Waals surface area contributed by atoms with Gasteiger partial charge < -0.3 is 18.8 Å². The van der Waals surface area contributed by atoms with Crippen molar-refractivity contribution < 1.29 is 31.9 Å². The first kappa shape index (κ1) is 24.1. The van der Waals surface area contributed by atoms with E-state index in [1.165, 1.54) is 11.0 Å². The molecule has 0 aliphatic carbocycles. The van der Waals surface area contributed by atoms with Crippen molar-refractivity contribution in [3.05, 3.63) is 65.3 Å². The normalized spacial score (nSPS) is 17.3. The molecular weight excluding hydrogens is 465 g/mol. The SMILES string of the molecule is [C-]#[N+]c1ccc(OC2C(=O)N(Cc3nnc(-c4cccc(OC)c4)o3)CC2(C)C)cc1C(F)(F)F. The van der Waals surface area contributed by atoms with E-state index in [0.29, 0.717) is 11.3 Å². The Morgan fingerprint density at radius 1 is 1.20 bits per heavy atom.